The summed E-state index contributed by atoms with van der Waals surface area (Å²) in [6.07, 6.45) is 4.83. The van der Waals surface area contributed by atoms with Gasteiger partial charge in [-0.25, -0.2) is 0 Å². The highest BCUT2D eigenvalue weighted by Crippen LogP contribution is 2.53. The quantitative estimate of drug-likeness (QED) is 0.356. The van der Waals surface area contributed by atoms with E-state index in [2.05, 4.69) is 105 Å². The van der Waals surface area contributed by atoms with Gasteiger partial charge < -0.3 is 19.2 Å². The molecule has 3 aromatic rings. The van der Waals surface area contributed by atoms with E-state index in [4.69, 9.17) is 13.9 Å². The van der Waals surface area contributed by atoms with Crippen LogP contribution in [0.15, 0.2) is 91.0 Å². The number of methoxy groups -OCH3 is 1. The number of amides is 1. The van der Waals surface area contributed by atoms with E-state index in [1.165, 1.54) is 10.4 Å². The number of para-hydroxylation sites is 1. The van der Waals surface area contributed by atoms with Crippen LogP contribution in [-0.4, -0.2) is 40.6 Å². The molecule has 2 aliphatic rings. The van der Waals surface area contributed by atoms with Gasteiger partial charge in [0.25, 0.3) is 8.32 Å². The molecule has 0 radical (unpaired) electrons. The third kappa shape index (κ3) is 4.26. The Kier molecular flexibility index (Phi) is 6.97. The van der Waals surface area contributed by atoms with Crippen molar-refractivity contribution < 1.29 is 18.7 Å². The number of hydrogen-bond acceptors (Lipinski definition) is 4. The van der Waals surface area contributed by atoms with Gasteiger partial charge in [0.05, 0.1) is 18.6 Å². The Morgan fingerprint density at radius 1 is 1.00 bits per heavy atom. The van der Waals surface area contributed by atoms with Crippen molar-refractivity contribution in [1.29, 1.82) is 0 Å². The fourth-order valence-corrected chi connectivity index (χ4v) is 10.9. The summed E-state index contributed by atoms with van der Waals surface area (Å²) in [4.78, 5) is 12.7. The van der Waals surface area contributed by atoms with Gasteiger partial charge in [-0.05, 0) is 21.5 Å². The van der Waals surface area contributed by atoms with E-state index in [0.717, 1.165) is 11.3 Å². The zero-order chi connectivity index (χ0) is 27.0. The minimum Gasteiger partial charge on any atom is -0.493 e. The number of hydrogen-bond donors (Lipinski definition) is 1. The molecular formula is C32H37NO4Si. The summed E-state index contributed by atoms with van der Waals surface area (Å²) in [6.45, 7) is 6.86. The van der Waals surface area contributed by atoms with Crippen molar-refractivity contribution in [2.75, 3.05) is 14.2 Å². The molecule has 0 spiro atoms. The summed E-state index contributed by atoms with van der Waals surface area (Å²) in [5.74, 6) is 1.39. The van der Waals surface area contributed by atoms with Crippen LogP contribution in [0, 0.1) is 0 Å². The highest BCUT2D eigenvalue weighted by atomic mass is 28.4. The van der Waals surface area contributed by atoms with Crippen molar-refractivity contribution in [2.45, 2.75) is 56.3 Å². The molecule has 3 atom stereocenters. The lowest BCUT2D eigenvalue weighted by Crippen LogP contribution is -2.68. The van der Waals surface area contributed by atoms with Crippen LogP contribution in [0.4, 0.5) is 0 Å². The Balaban J connectivity index is 1.59. The molecule has 0 fully saturated rings. The lowest BCUT2D eigenvalue weighted by molar-refractivity contribution is -0.122. The second-order valence-electron chi connectivity index (χ2n) is 11.2. The first-order valence-electron chi connectivity index (χ1n) is 13.3. The lowest BCUT2D eigenvalue weighted by atomic mass is 9.69. The summed E-state index contributed by atoms with van der Waals surface area (Å²) in [5.41, 5.74) is 0.417. The standard InChI is InChI=1S/C32H37NO4Si/c1-31(2,3)38(24-13-8-6-9-14-24,25-15-10-7-11-16-25)37-23-19-20-32(22-29(34)33-4)26-17-12-18-27(35-5)30(26)36-28(32)21-23/h6-20,23,28H,21-22H2,1-5H3,(H,33,34)/t23-,28+,32-/m0/s1. The maximum absolute atomic E-state index is 12.7. The zero-order valence-corrected chi connectivity index (χ0v) is 23.9. The van der Waals surface area contributed by atoms with Gasteiger partial charge in [-0.3, -0.25) is 4.79 Å². The predicted molar refractivity (Wildman–Crippen MR) is 154 cm³/mol. The number of rotatable bonds is 7. The van der Waals surface area contributed by atoms with Crippen LogP contribution >= 0.6 is 0 Å². The first-order chi connectivity index (χ1) is 18.2. The van der Waals surface area contributed by atoms with Gasteiger partial charge in [-0.15, -0.1) is 0 Å². The summed E-state index contributed by atoms with van der Waals surface area (Å²) in [7, 11) is 0.576. The van der Waals surface area contributed by atoms with Gasteiger partial charge in [-0.2, -0.15) is 0 Å². The van der Waals surface area contributed by atoms with Crippen molar-refractivity contribution in [3.8, 4) is 11.5 Å². The number of ether oxygens (including phenoxy) is 2. The van der Waals surface area contributed by atoms with Gasteiger partial charge >= 0.3 is 0 Å². The molecule has 0 saturated carbocycles. The average Bonchev–Trinajstić information content (AvgIpc) is 3.25. The van der Waals surface area contributed by atoms with E-state index in [0.29, 0.717) is 18.6 Å². The molecule has 1 heterocycles. The van der Waals surface area contributed by atoms with Gasteiger partial charge in [-0.1, -0.05) is 106 Å². The van der Waals surface area contributed by atoms with Crippen LogP contribution in [0.1, 0.15) is 39.2 Å². The SMILES string of the molecule is CNC(=O)C[C@]12C=C[C@H](O[Si](c3ccccc3)(c3ccccc3)C(C)(C)C)C[C@H]1Oc1c(OC)cccc12. The number of benzene rings is 3. The summed E-state index contributed by atoms with van der Waals surface area (Å²) < 4.78 is 19.6. The molecule has 0 aromatic heterocycles. The van der Waals surface area contributed by atoms with Gasteiger partial charge in [0.15, 0.2) is 11.5 Å². The molecule has 198 valence electrons. The average molecular weight is 528 g/mol. The van der Waals surface area contributed by atoms with Crippen LogP contribution in [0.25, 0.3) is 0 Å². The Morgan fingerprint density at radius 3 is 2.18 bits per heavy atom. The van der Waals surface area contributed by atoms with Crippen molar-refractivity contribution in [3.05, 3.63) is 96.6 Å². The maximum atomic E-state index is 12.7. The number of carbonyl (C=O) groups excluding carboxylic acids is 1. The molecule has 0 saturated heterocycles. The fourth-order valence-electron chi connectivity index (χ4n) is 6.24. The molecule has 1 aliphatic carbocycles. The lowest BCUT2D eigenvalue weighted by Gasteiger charge is -2.46. The number of nitrogens with one attached hydrogen (secondary N) is 1. The van der Waals surface area contributed by atoms with E-state index >= 15 is 0 Å². The first kappa shape index (κ1) is 26.3. The van der Waals surface area contributed by atoms with Crippen molar-refractivity contribution in [2.24, 2.45) is 0 Å². The molecule has 5 nitrogen and oxygen atoms in total. The molecule has 3 aromatic carbocycles. The highest BCUT2D eigenvalue weighted by molar-refractivity contribution is 6.99. The summed E-state index contributed by atoms with van der Waals surface area (Å²) >= 11 is 0. The first-order valence-corrected chi connectivity index (χ1v) is 15.2. The zero-order valence-electron chi connectivity index (χ0n) is 22.9. The molecule has 38 heavy (non-hydrogen) atoms. The van der Waals surface area contributed by atoms with Gasteiger partial charge in [0, 0.05) is 25.5 Å². The largest absolute Gasteiger partial charge is 0.493 e. The van der Waals surface area contributed by atoms with Crippen LogP contribution in [0.5, 0.6) is 11.5 Å². The second kappa shape index (κ2) is 10.1. The Morgan fingerprint density at radius 2 is 1.63 bits per heavy atom. The maximum Gasteiger partial charge on any atom is 0.261 e. The van der Waals surface area contributed by atoms with E-state index in [9.17, 15) is 4.79 Å². The fraction of sp³-hybridized carbons (Fsp3) is 0.344. The topological polar surface area (TPSA) is 56.8 Å². The molecule has 1 aliphatic heterocycles. The van der Waals surface area contributed by atoms with Crippen molar-refractivity contribution in [3.63, 3.8) is 0 Å². The van der Waals surface area contributed by atoms with E-state index in [-0.39, 0.29) is 23.2 Å². The minimum absolute atomic E-state index is 0.0229. The highest BCUT2D eigenvalue weighted by Gasteiger charge is 2.55. The van der Waals surface area contributed by atoms with Crippen LogP contribution < -0.4 is 25.2 Å². The number of carbonyl (C=O) groups is 1. The van der Waals surface area contributed by atoms with Crippen LogP contribution in [0.3, 0.4) is 0 Å². The predicted octanol–water partition coefficient (Wildman–Crippen LogP) is 4.74. The molecular weight excluding hydrogens is 490 g/mol. The minimum atomic E-state index is -2.75. The number of fused-ring (bicyclic) bond motifs is 3. The smallest absolute Gasteiger partial charge is 0.261 e. The van der Waals surface area contributed by atoms with E-state index in [1.807, 2.05) is 12.1 Å². The molecule has 6 heteroatoms. The third-order valence-corrected chi connectivity index (χ3v) is 13.1. The molecule has 0 unspecified atom stereocenters. The monoisotopic (exact) mass is 527 g/mol. The summed E-state index contributed by atoms with van der Waals surface area (Å²) in [6, 6.07) is 27.3. The van der Waals surface area contributed by atoms with E-state index < -0.39 is 13.7 Å². The molecule has 0 bridgehead atoms. The molecule has 5 rings (SSSR count). The van der Waals surface area contributed by atoms with Crippen LogP contribution in [-0.2, 0) is 14.6 Å². The normalized spacial score (nSPS) is 22.2. The Bertz CT molecular complexity index is 1280. The molecule has 1 N–H and O–H groups in total. The Labute approximate surface area is 227 Å². The van der Waals surface area contributed by atoms with E-state index in [1.54, 1.807) is 14.2 Å². The van der Waals surface area contributed by atoms with Gasteiger partial charge in [0.1, 0.15) is 6.10 Å². The molecule has 1 amide bonds. The third-order valence-electron chi connectivity index (χ3n) is 8.07. The Hall–Kier alpha value is -3.35. The van der Waals surface area contributed by atoms with Gasteiger partial charge in [0.2, 0.25) is 5.91 Å². The van der Waals surface area contributed by atoms with Crippen molar-refractivity contribution in [1.82, 2.24) is 5.32 Å². The second-order valence-corrected chi connectivity index (χ2v) is 15.5. The van der Waals surface area contributed by atoms with Crippen LogP contribution in [0.2, 0.25) is 5.04 Å². The summed E-state index contributed by atoms with van der Waals surface area (Å²) in [5, 5.41) is 5.16. The van der Waals surface area contributed by atoms with Crippen molar-refractivity contribution >= 4 is 24.6 Å².